The lowest BCUT2D eigenvalue weighted by molar-refractivity contribution is -0.124. The minimum atomic E-state index is -2.86. The van der Waals surface area contributed by atoms with Gasteiger partial charge in [0, 0.05) is 34.6 Å². The van der Waals surface area contributed by atoms with Crippen molar-refractivity contribution >= 4 is 80.9 Å². The van der Waals surface area contributed by atoms with E-state index in [1.807, 2.05) is 38.1 Å². The van der Waals surface area contributed by atoms with E-state index < -0.39 is 35.9 Å². The van der Waals surface area contributed by atoms with Crippen molar-refractivity contribution in [3.63, 3.8) is 0 Å². The van der Waals surface area contributed by atoms with Crippen molar-refractivity contribution in [2.24, 2.45) is 11.8 Å². The van der Waals surface area contributed by atoms with E-state index in [0.717, 1.165) is 85.3 Å². The van der Waals surface area contributed by atoms with Gasteiger partial charge < -0.3 is 36.6 Å². The van der Waals surface area contributed by atoms with Crippen molar-refractivity contribution in [3.05, 3.63) is 84.0 Å². The molecule has 4 fully saturated rings. The first-order valence-corrected chi connectivity index (χ1v) is 26.1. The summed E-state index contributed by atoms with van der Waals surface area (Å²) in [4.78, 5) is 63.1. The quantitative estimate of drug-likeness (QED) is 0.0503. The van der Waals surface area contributed by atoms with Crippen LogP contribution in [-0.4, -0.2) is 70.8 Å². The molecule has 5 atom stereocenters. The van der Waals surface area contributed by atoms with Crippen molar-refractivity contribution in [3.8, 4) is 5.88 Å². The molecule has 68 heavy (non-hydrogen) atoms. The minimum Gasteiger partial charge on any atom is -0.480 e. The second-order valence-corrected chi connectivity index (χ2v) is 21.6. The molecule has 0 bridgehead atoms. The Morgan fingerprint density at radius 2 is 1.28 bits per heavy atom. The fourth-order valence-corrected chi connectivity index (χ4v) is 11.1. The first-order chi connectivity index (χ1) is 32.6. The van der Waals surface area contributed by atoms with Crippen LogP contribution in [0.1, 0.15) is 151 Å². The number of carbonyl (C=O) groups is 4. The SMILES string of the molecule is CCC(Nc1cc(Cl)cnc1C)c1ccc(C(=O)NC(CC2CCCC2)C(=O)NC2CC2)s1.COc1ncc(Cl)cc1NC(C)c1ccc(C(=O)NC(CC2CCCC2)C(=O)N[C@@H]2CC2(F)F)s1. The third kappa shape index (κ3) is 14.3. The van der Waals surface area contributed by atoms with Crippen LogP contribution in [0.4, 0.5) is 20.2 Å². The summed E-state index contributed by atoms with van der Waals surface area (Å²) in [5.74, 6) is -2.78. The van der Waals surface area contributed by atoms with Gasteiger partial charge in [-0.25, -0.2) is 13.8 Å². The fraction of sp³-hybridized carbons (Fsp3) is 0.551. The second-order valence-electron chi connectivity index (χ2n) is 18.5. The van der Waals surface area contributed by atoms with E-state index in [1.54, 1.807) is 18.3 Å². The van der Waals surface area contributed by atoms with Gasteiger partial charge in [-0.2, -0.15) is 0 Å². The maximum atomic E-state index is 13.3. The Hall–Kier alpha value is -4.58. The van der Waals surface area contributed by atoms with E-state index in [4.69, 9.17) is 27.9 Å². The monoisotopic (exact) mass is 1010 g/mol. The molecule has 4 unspecified atom stereocenters. The molecule has 0 aliphatic heterocycles. The Morgan fingerprint density at radius 3 is 1.81 bits per heavy atom. The van der Waals surface area contributed by atoms with Gasteiger partial charge in [0.15, 0.2) is 0 Å². The maximum absolute atomic E-state index is 13.3. The Bertz CT molecular complexity index is 2390. The average molecular weight is 1020 g/mol. The number of hydrogen-bond acceptors (Lipinski definition) is 11. The van der Waals surface area contributed by atoms with E-state index in [9.17, 15) is 28.0 Å². The highest BCUT2D eigenvalue weighted by Crippen LogP contribution is 2.42. The summed E-state index contributed by atoms with van der Waals surface area (Å²) >= 11 is 14.9. The van der Waals surface area contributed by atoms with Gasteiger partial charge in [-0.15, -0.1) is 22.7 Å². The van der Waals surface area contributed by atoms with Gasteiger partial charge in [0.2, 0.25) is 17.7 Å². The average Bonchev–Trinajstić information content (AvgIpc) is 3.79. The number of aromatic nitrogens is 2. The summed E-state index contributed by atoms with van der Waals surface area (Å²) in [6.45, 7) is 5.97. The third-order valence-corrected chi connectivity index (χ3v) is 15.9. The number of rotatable bonds is 20. The van der Waals surface area contributed by atoms with Gasteiger partial charge in [-0.3, -0.25) is 24.2 Å². The molecule has 0 radical (unpaired) electrons. The molecular weight excluding hydrogens is 954 g/mol. The molecule has 4 aliphatic carbocycles. The van der Waals surface area contributed by atoms with Gasteiger partial charge in [0.05, 0.1) is 62.1 Å². The van der Waals surface area contributed by atoms with Crippen LogP contribution < -0.4 is 36.6 Å². The van der Waals surface area contributed by atoms with Crippen molar-refractivity contribution in [1.82, 2.24) is 31.2 Å². The number of nitrogens with one attached hydrogen (secondary N) is 6. The van der Waals surface area contributed by atoms with Crippen LogP contribution in [-0.2, 0) is 9.59 Å². The highest BCUT2D eigenvalue weighted by molar-refractivity contribution is 7.14. The zero-order chi connectivity index (χ0) is 48.5. The molecule has 19 heteroatoms. The van der Waals surface area contributed by atoms with Gasteiger partial charge in [0.1, 0.15) is 12.1 Å². The van der Waals surface area contributed by atoms with E-state index in [0.29, 0.717) is 49.6 Å². The molecule has 4 saturated carbocycles. The summed E-state index contributed by atoms with van der Waals surface area (Å²) in [7, 11) is 1.52. The predicted molar refractivity (Wildman–Crippen MR) is 265 cm³/mol. The fourth-order valence-electron chi connectivity index (χ4n) is 8.83. The number of halogens is 4. The summed E-state index contributed by atoms with van der Waals surface area (Å²) in [5.41, 5.74) is 2.39. The molecule has 368 valence electrons. The van der Waals surface area contributed by atoms with Crippen LogP contribution in [0.3, 0.4) is 0 Å². The first kappa shape index (κ1) is 51.3. The zero-order valence-electron chi connectivity index (χ0n) is 38.9. The molecule has 4 aromatic rings. The Labute approximate surface area is 415 Å². The normalized spacial score (nSPS) is 19.4. The molecular formula is C49H62Cl2F2N8O5S2. The molecule has 4 aromatic heterocycles. The number of amides is 4. The lowest BCUT2D eigenvalue weighted by Crippen LogP contribution is -2.48. The molecule has 13 nitrogen and oxygen atoms in total. The van der Waals surface area contributed by atoms with Crippen molar-refractivity contribution in [2.45, 2.75) is 153 Å². The maximum Gasteiger partial charge on any atom is 0.270 e. The number of carbonyl (C=O) groups excluding carboxylic acids is 4. The number of methoxy groups -OCH3 is 1. The third-order valence-electron chi connectivity index (χ3n) is 13.0. The van der Waals surface area contributed by atoms with E-state index in [-0.39, 0.29) is 36.4 Å². The number of thiophene rings is 2. The number of anilines is 2. The van der Waals surface area contributed by atoms with Gasteiger partial charge in [0.25, 0.3) is 17.7 Å². The molecule has 0 saturated heterocycles. The van der Waals surface area contributed by atoms with Gasteiger partial charge >= 0.3 is 0 Å². The smallest absolute Gasteiger partial charge is 0.270 e. The standard InChI is InChI=1S/C25H33ClN4O2S.C24H29ClF2N4O3S/c1-3-19(29-20-13-17(26)14-27-15(20)2)22-10-11-23(33-22)25(32)30-21(12-16-6-4-5-7-16)24(31)28-18-8-9-18;1-13(29-17-10-15(25)12-28-23(17)34-2)18-7-8-19(35-18)22(33)30-16(9-14-5-3-4-6-14)21(32)31-20-11-24(20,26)27/h10-11,13-14,16,18-19,21,29H,3-9,12H2,1-2H3,(H,28,31)(H,30,32);7-8,10,12-14,16,20,29H,3-6,9,11H2,1-2H3,(H,30,33)(H,31,32)/t;13?,16?,20-/m.1/s1. The highest BCUT2D eigenvalue weighted by Gasteiger charge is 2.58. The van der Waals surface area contributed by atoms with Crippen LogP contribution >= 0.6 is 45.9 Å². The number of alkyl halides is 2. The van der Waals surface area contributed by atoms with Crippen LogP contribution in [0.5, 0.6) is 5.88 Å². The molecule has 8 rings (SSSR count). The molecule has 6 N–H and O–H groups in total. The number of pyridine rings is 2. The first-order valence-electron chi connectivity index (χ1n) is 23.7. The summed E-state index contributed by atoms with van der Waals surface area (Å²) in [5, 5.41) is 19.2. The number of ether oxygens (including phenoxy) is 1. The van der Waals surface area contributed by atoms with Gasteiger partial charge in [-0.05, 0) is 94.2 Å². The summed E-state index contributed by atoms with van der Waals surface area (Å²) in [6.07, 6.45) is 15.7. The summed E-state index contributed by atoms with van der Waals surface area (Å²) < 4.78 is 31.9. The molecule has 4 aliphatic rings. The second kappa shape index (κ2) is 23.4. The zero-order valence-corrected chi connectivity index (χ0v) is 42.0. The largest absolute Gasteiger partial charge is 0.480 e. The van der Waals surface area contributed by atoms with E-state index >= 15 is 0 Å². The van der Waals surface area contributed by atoms with Crippen LogP contribution in [0.25, 0.3) is 0 Å². The Balaban J connectivity index is 0.000000202. The number of hydrogen-bond donors (Lipinski definition) is 6. The summed E-state index contributed by atoms with van der Waals surface area (Å²) in [6, 6.07) is 8.66. The van der Waals surface area contributed by atoms with Crippen LogP contribution in [0.15, 0.2) is 48.8 Å². The lowest BCUT2D eigenvalue weighted by Gasteiger charge is -2.21. The van der Waals surface area contributed by atoms with E-state index in [1.165, 1.54) is 48.8 Å². The van der Waals surface area contributed by atoms with Crippen LogP contribution in [0.2, 0.25) is 10.0 Å². The van der Waals surface area contributed by atoms with Crippen molar-refractivity contribution in [1.29, 1.82) is 0 Å². The molecule has 0 aromatic carbocycles. The minimum absolute atomic E-state index is 0.0356. The number of aryl methyl sites for hydroxylation is 1. The molecule has 4 amide bonds. The predicted octanol–water partition coefficient (Wildman–Crippen LogP) is 10.8. The molecule has 0 spiro atoms. The van der Waals surface area contributed by atoms with Crippen molar-refractivity contribution in [2.75, 3.05) is 17.7 Å². The van der Waals surface area contributed by atoms with Gasteiger partial charge in [-0.1, -0.05) is 81.5 Å². The molecule has 4 heterocycles. The Morgan fingerprint density at radius 1 is 0.765 bits per heavy atom. The highest BCUT2D eigenvalue weighted by atomic mass is 35.5. The van der Waals surface area contributed by atoms with Crippen molar-refractivity contribution < 1.29 is 32.7 Å². The van der Waals surface area contributed by atoms with E-state index in [2.05, 4.69) is 48.8 Å². The van der Waals surface area contributed by atoms with Crippen LogP contribution in [0, 0.1) is 18.8 Å². The number of nitrogens with zero attached hydrogens (tertiary/aromatic N) is 2. The topological polar surface area (TPSA) is 175 Å². The Kier molecular flexibility index (Phi) is 17.6. The lowest BCUT2D eigenvalue weighted by atomic mass is 9.97.